The molecule has 0 fully saturated rings. The predicted molar refractivity (Wildman–Crippen MR) is 74.0 cm³/mol. The molecular formula is C12H15F3N4OS. The second-order valence-corrected chi connectivity index (χ2v) is 6.46. The Hall–Kier alpha value is -1.51. The van der Waals surface area contributed by atoms with Crippen molar-refractivity contribution in [2.75, 3.05) is 0 Å². The summed E-state index contributed by atoms with van der Waals surface area (Å²) in [4.78, 5) is 15.0. The Kier molecular flexibility index (Phi) is 3.81. The smallest absolute Gasteiger partial charge is 0.356 e. The van der Waals surface area contributed by atoms with Gasteiger partial charge in [-0.25, -0.2) is 0 Å². The first-order chi connectivity index (χ1) is 9.54. The largest absolute Gasteiger partial charge is 0.412 e. The molecule has 2 atom stereocenters. The Morgan fingerprint density at radius 3 is 2.52 bits per heavy atom. The molecule has 21 heavy (non-hydrogen) atoms. The third-order valence-corrected chi connectivity index (χ3v) is 4.49. The lowest BCUT2D eigenvalue weighted by Crippen LogP contribution is -2.44. The Bertz CT molecular complexity index is 610. The zero-order valence-corrected chi connectivity index (χ0v) is 12.8. The standard InChI is InChI=1S/C12H15F3N4OS/c1-6-5-8(19(4)18-6)7(2)16-10-17-9(20)11(3,21-10)12(13,14)15/h5,7H,1-4H3,(H,16,17,20)/t7-,11?/m0/s1. The minimum atomic E-state index is -4.64. The highest BCUT2D eigenvalue weighted by Gasteiger charge is 2.61. The number of alkyl halides is 3. The molecule has 1 aliphatic heterocycles. The molecule has 1 amide bonds. The van der Waals surface area contributed by atoms with Crippen molar-refractivity contribution < 1.29 is 18.0 Å². The summed E-state index contributed by atoms with van der Waals surface area (Å²) in [5.74, 6) is -1.18. The topological polar surface area (TPSA) is 59.3 Å². The summed E-state index contributed by atoms with van der Waals surface area (Å²) in [5.41, 5.74) is 1.60. The number of nitrogens with zero attached hydrogens (tertiary/aromatic N) is 3. The molecule has 0 aliphatic carbocycles. The van der Waals surface area contributed by atoms with Gasteiger partial charge in [-0.3, -0.25) is 9.48 Å². The lowest BCUT2D eigenvalue weighted by molar-refractivity contribution is -0.165. The number of carbonyl (C=O) groups excluding carboxylic acids is 1. The van der Waals surface area contributed by atoms with E-state index in [1.807, 2.05) is 13.0 Å². The van der Waals surface area contributed by atoms with E-state index in [-0.39, 0.29) is 11.2 Å². The zero-order valence-electron chi connectivity index (χ0n) is 11.9. The number of hydrogen-bond donors (Lipinski definition) is 1. The number of nitrogens with one attached hydrogen (secondary N) is 1. The van der Waals surface area contributed by atoms with Gasteiger partial charge in [-0.05, 0) is 26.8 Å². The SMILES string of the molecule is Cc1cc([C@H](C)NC2=NC(=O)C(C)(C(F)(F)F)S2)n(C)n1. The van der Waals surface area contributed by atoms with Gasteiger partial charge in [0, 0.05) is 7.05 Å². The average molecular weight is 320 g/mol. The number of amidine groups is 1. The third kappa shape index (κ3) is 2.78. The number of aryl methyl sites for hydroxylation is 2. The first kappa shape index (κ1) is 15.9. The van der Waals surface area contributed by atoms with Crippen LogP contribution in [-0.2, 0) is 11.8 Å². The highest BCUT2D eigenvalue weighted by atomic mass is 32.2. The summed E-state index contributed by atoms with van der Waals surface area (Å²) in [6, 6.07) is 1.51. The fraction of sp³-hybridized carbons (Fsp3) is 0.583. The molecule has 1 aromatic rings. The van der Waals surface area contributed by atoms with Crippen molar-refractivity contribution in [3.8, 4) is 0 Å². The van der Waals surface area contributed by atoms with Gasteiger partial charge >= 0.3 is 6.18 Å². The molecule has 1 N–H and O–H groups in total. The van der Waals surface area contributed by atoms with Crippen LogP contribution in [0.5, 0.6) is 0 Å². The first-order valence-corrected chi connectivity index (χ1v) is 7.02. The molecule has 0 radical (unpaired) electrons. The van der Waals surface area contributed by atoms with E-state index in [4.69, 9.17) is 0 Å². The van der Waals surface area contributed by atoms with Crippen LogP contribution in [0.15, 0.2) is 11.1 Å². The molecule has 1 aromatic heterocycles. The van der Waals surface area contributed by atoms with Gasteiger partial charge in [0.15, 0.2) is 9.91 Å². The van der Waals surface area contributed by atoms with E-state index < -0.39 is 16.8 Å². The van der Waals surface area contributed by atoms with Crippen LogP contribution in [0.25, 0.3) is 0 Å². The van der Waals surface area contributed by atoms with E-state index in [9.17, 15) is 18.0 Å². The number of aliphatic imine (C=N–C) groups is 1. The quantitative estimate of drug-likeness (QED) is 0.908. The minimum absolute atomic E-state index is 0.0221. The highest BCUT2D eigenvalue weighted by Crippen LogP contribution is 2.46. The molecule has 9 heteroatoms. The molecule has 2 rings (SSSR count). The molecule has 0 spiro atoms. The molecule has 0 bridgehead atoms. The number of halogens is 3. The Morgan fingerprint density at radius 2 is 2.10 bits per heavy atom. The summed E-state index contributed by atoms with van der Waals surface area (Å²) >= 11 is 0.398. The molecule has 2 heterocycles. The van der Waals surface area contributed by atoms with Crippen molar-refractivity contribution in [3.05, 3.63) is 17.5 Å². The molecule has 0 aromatic carbocycles. The van der Waals surface area contributed by atoms with Gasteiger partial charge in [0.2, 0.25) is 0 Å². The molecule has 0 saturated heterocycles. The van der Waals surface area contributed by atoms with Crippen LogP contribution in [-0.4, -0.2) is 31.8 Å². The molecule has 5 nitrogen and oxygen atoms in total. The fourth-order valence-electron chi connectivity index (χ4n) is 1.99. The summed E-state index contributed by atoms with van der Waals surface area (Å²) in [5, 5.41) is 6.99. The van der Waals surface area contributed by atoms with Crippen molar-refractivity contribution in [1.29, 1.82) is 0 Å². The zero-order chi connectivity index (χ0) is 16.0. The summed E-state index contributed by atoms with van der Waals surface area (Å²) in [6.45, 7) is 4.44. The van der Waals surface area contributed by atoms with Crippen LogP contribution < -0.4 is 5.32 Å². The van der Waals surface area contributed by atoms with Crippen LogP contribution in [0.2, 0.25) is 0 Å². The second-order valence-electron chi connectivity index (χ2n) is 5.06. The van der Waals surface area contributed by atoms with Gasteiger partial charge in [-0.1, -0.05) is 11.8 Å². The lowest BCUT2D eigenvalue weighted by Gasteiger charge is -2.23. The van der Waals surface area contributed by atoms with E-state index in [0.29, 0.717) is 11.8 Å². The van der Waals surface area contributed by atoms with Gasteiger partial charge in [0.05, 0.1) is 17.4 Å². The third-order valence-electron chi connectivity index (χ3n) is 3.27. The van der Waals surface area contributed by atoms with Crippen molar-refractivity contribution >= 4 is 22.8 Å². The Labute approximate surface area is 124 Å². The van der Waals surface area contributed by atoms with Crippen molar-refractivity contribution in [3.63, 3.8) is 0 Å². The molecule has 1 unspecified atom stereocenters. The second kappa shape index (κ2) is 5.04. The Balaban J connectivity index is 2.14. The maximum atomic E-state index is 12.9. The number of rotatable bonds is 2. The predicted octanol–water partition coefficient (Wildman–Crippen LogP) is 2.33. The van der Waals surface area contributed by atoms with Crippen molar-refractivity contribution in [2.24, 2.45) is 12.0 Å². The first-order valence-electron chi connectivity index (χ1n) is 6.20. The lowest BCUT2D eigenvalue weighted by atomic mass is 10.1. The van der Waals surface area contributed by atoms with Gasteiger partial charge in [-0.2, -0.15) is 23.3 Å². The number of carbonyl (C=O) groups is 1. The minimum Gasteiger partial charge on any atom is -0.356 e. The average Bonchev–Trinajstić information content (AvgIpc) is 2.79. The van der Waals surface area contributed by atoms with E-state index in [1.165, 1.54) is 0 Å². The summed E-state index contributed by atoms with van der Waals surface area (Å²) < 4.78 is 37.9. The summed E-state index contributed by atoms with van der Waals surface area (Å²) in [7, 11) is 1.75. The van der Waals surface area contributed by atoms with Crippen LogP contribution in [0.3, 0.4) is 0 Å². The number of amides is 1. The normalized spacial score (nSPS) is 24.1. The maximum Gasteiger partial charge on any atom is 0.412 e. The number of hydrogen-bond acceptors (Lipinski definition) is 4. The fourth-order valence-corrected chi connectivity index (χ4v) is 2.99. The van der Waals surface area contributed by atoms with E-state index in [2.05, 4.69) is 15.4 Å². The van der Waals surface area contributed by atoms with Gasteiger partial charge < -0.3 is 5.32 Å². The van der Waals surface area contributed by atoms with Crippen LogP contribution in [0, 0.1) is 6.92 Å². The number of thioether (sulfide) groups is 1. The van der Waals surface area contributed by atoms with Gasteiger partial charge in [0.1, 0.15) is 0 Å². The van der Waals surface area contributed by atoms with Crippen LogP contribution in [0.1, 0.15) is 31.3 Å². The monoisotopic (exact) mass is 320 g/mol. The summed E-state index contributed by atoms with van der Waals surface area (Å²) in [6.07, 6.45) is -4.64. The van der Waals surface area contributed by atoms with Gasteiger partial charge in [0.25, 0.3) is 5.91 Å². The maximum absolute atomic E-state index is 12.9. The number of aromatic nitrogens is 2. The van der Waals surface area contributed by atoms with E-state index in [0.717, 1.165) is 18.3 Å². The van der Waals surface area contributed by atoms with Crippen LogP contribution >= 0.6 is 11.8 Å². The van der Waals surface area contributed by atoms with Crippen molar-refractivity contribution in [1.82, 2.24) is 15.1 Å². The van der Waals surface area contributed by atoms with E-state index >= 15 is 0 Å². The Morgan fingerprint density at radius 1 is 1.48 bits per heavy atom. The molecular weight excluding hydrogens is 305 g/mol. The molecule has 0 saturated carbocycles. The molecule has 1 aliphatic rings. The van der Waals surface area contributed by atoms with E-state index in [1.54, 1.807) is 18.7 Å². The van der Waals surface area contributed by atoms with Crippen molar-refractivity contribution in [2.45, 2.75) is 37.7 Å². The molecule has 116 valence electrons. The van der Waals surface area contributed by atoms with Crippen LogP contribution in [0.4, 0.5) is 13.2 Å². The van der Waals surface area contributed by atoms with Gasteiger partial charge in [-0.15, -0.1) is 0 Å². The highest BCUT2D eigenvalue weighted by molar-refractivity contribution is 8.16.